The molecule has 0 aliphatic carbocycles. The Morgan fingerprint density at radius 3 is 2.48 bits per heavy atom. The van der Waals surface area contributed by atoms with Crippen LogP contribution in [-0.2, 0) is 13.2 Å². The molecule has 0 unspecified atom stereocenters. The highest BCUT2D eigenvalue weighted by atomic mass is 16.5. The zero-order valence-electron chi connectivity index (χ0n) is 13.2. The first-order chi connectivity index (χ1) is 11.0. The third-order valence-corrected chi connectivity index (χ3v) is 3.09. The van der Waals surface area contributed by atoms with Crippen molar-refractivity contribution >= 4 is 17.6 Å². The smallest absolute Gasteiger partial charge is 0.223 e. The minimum absolute atomic E-state index is 0.00118. The van der Waals surface area contributed by atoms with Crippen LogP contribution in [0, 0.1) is 6.92 Å². The molecule has 0 spiro atoms. The van der Waals surface area contributed by atoms with Crippen LogP contribution >= 0.6 is 0 Å². The largest absolute Gasteiger partial charge is 0.489 e. The summed E-state index contributed by atoms with van der Waals surface area (Å²) in [4.78, 5) is 7.72. The van der Waals surface area contributed by atoms with Crippen LogP contribution in [0.1, 0.15) is 18.2 Å². The number of aliphatic imine (C=N–C) groups is 2. The van der Waals surface area contributed by atoms with E-state index in [1.165, 1.54) is 0 Å². The Balaban J connectivity index is 2.00. The number of aromatic nitrogens is 2. The summed E-state index contributed by atoms with van der Waals surface area (Å²) in [6.07, 6.45) is 1.99. The molecule has 0 atom stereocenters. The van der Waals surface area contributed by atoms with Gasteiger partial charge in [-0.2, -0.15) is 10.1 Å². The second-order valence-corrected chi connectivity index (χ2v) is 4.88. The average Bonchev–Trinajstić information content (AvgIpc) is 2.86. The highest BCUT2D eigenvalue weighted by Crippen LogP contribution is 2.19. The van der Waals surface area contributed by atoms with Crippen molar-refractivity contribution in [1.29, 1.82) is 0 Å². The molecule has 6 N–H and O–H groups in total. The number of rotatable bonds is 5. The van der Waals surface area contributed by atoms with E-state index in [2.05, 4.69) is 15.1 Å². The lowest BCUT2D eigenvalue weighted by Crippen LogP contribution is -2.26. The summed E-state index contributed by atoms with van der Waals surface area (Å²) in [6.45, 7) is 5.31. The molecule has 0 aliphatic heterocycles. The Kier molecular flexibility index (Phi) is 5.19. The van der Waals surface area contributed by atoms with Crippen LogP contribution < -0.4 is 21.9 Å². The number of hydrogen-bond donors (Lipinski definition) is 3. The second kappa shape index (κ2) is 7.30. The van der Waals surface area contributed by atoms with Gasteiger partial charge in [-0.3, -0.25) is 4.68 Å². The minimum atomic E-state index is -0.130. The molecular formula is C15H21N7O. The molecule has 0 bridgehead atoms. The van der Waals surface area contributed by atoms with Crippen molar-refractivity contribution in [2.75, 3.05) is 0 Å². The van der Waals surface area contributed by atoms with Gasteiger partial charge in [0.15, 0.2) is 5.96 Å². The van der Waals surface area contributed by atoms with Gasteiger partial charge in [-0.05, 0) is 38.1 Å². The fourth-order valence-corrected chi connectivity index (χ4v) is 1.93. The van der Waals surface area contributed by atoms with E-state index in [0.717, 1.165) is 23.6 Å². The van der Waals surface area contributed by atoms with Crippen molar-refractivity contribution in [3.63, 3.8) is 0 Å². The first-order valence-electron chi connectivity index (χ1n) is 7.17. The number of hydrogen-bond acceptors (Lipinski definition) is 3. The second-order valence-electron chi connectivity index (χ2n) is 4.88. The van der Waals surface area contributed by atoms with E-state index >= 15 is 0 Å². The van der Waals surface area contributed by atoms with Crippen molar-refractivity contribution < 1.29 is 4.74 Å². The summed E-state index contributed by atoms with van der Waals surface area (Å²) in [5, 5.41) is 4.38. The molecule has 0 amide bonds. The highest BCUT2D eigenvalue weighted by molar-refractivity contribution is 5.93. The quantitative estimate of drug-likeness (QED) is 0.560. The molecule has 1 aromatic heterocycles. The van der Waals surface area contributed by atoms with Crippen molar-refractivity contribution in [2.24, 2.45) is 27.2 Å². The van der Waals surface area contributed by atoms with Gasteiger partial charge in [0, 0.05) is 18.3 Å². The highest BCUT2D eigenvalue weighted by Gasteiger charge is 2.05. The summed E-state index contributed by atoms with van der Waals surface area (Å²) >= 11 is 0. The Hall–Kier alpha value is -3.03. The Bertz CT molecular complexity index is 712. The topological polar surface area (TPSA) is 130 Å². The lowest BCUT2D eigenvalue weighted by molar-refractivity contribution is 0.305. The van der Waals surface area contributed by atoms with Crippen molar-refractivity contribution in [3.8, 4) is 5.75 Å². The molecule has 0 saturated carbocycles. The molecule has 0 aliphatic rings. The number of nitrogens with zero attached hydrogens (tertiary/aromatic N) is 4. The van der Waals surface area contributed by atoms with Crippen LogP contribution in [0.25, 0.3) is 0 Å². The van der Waals surface area contributed by atoms with Gasteiger partial charge >= 0.3 is 0 Å². The Labute approximate surface area is 134 Å². The van der Waals surface area contributed by atoms with Crippen molar-refractivity contribution in [3.05, 3.63) is 41.7 Å². The molecule has 0 fully saturated rings. The summed E-state index contributed by atoms with van der Waals surface area (Å²) in [6, 6.07) is 7.15. The van der Waals surface area contributed by atoms with E-state index in [-0.39, 0.29) is 11.9 Å². The van der Waals surface area contributed by atoms with Gasteiger partial charge in [0.05, 0.1) is 11.4 Å². The molecule has 8 nitrogen and oxygen atoms in total. The average molecular weight is 315 g/mol. The standard InChI is InChI=1S/C15H21N7O/c1-3-22-8-11(10(2)21-22)9-23-13-6-4-12(5-7-13)19-15(18)20-14(16)17/h4-8H,3,9H2,1-2H3,(H6,16,17,18,19,20). The third-order valence-electron chi connectivity index (χ3n) is 3.09. The molecular weight excluding hydrogens is 294 g/mol. The fraction of sp³-hybridized carbons (Fsp3) is 0.267. The monoisotopic (exact) mass is 315 g/mol. The molecule has 23 heavy (non-hydrogen) atoms. The summed E-state index contributed by atoms with van der Waals surface area (Å²) in [5.74, 6) is 0.600. The first kappa shape index (κ1) is 16.3. The molecule has 2 rings (SSSR count). The number of benzene rings is 1. The number of nitrogens with two attached hydrogens (primary N) is 3. The number of aryl methyl sites for hydroxylation is 2. The summed E-state index contributed by atoms with van der Waals surface area (Å²) in [7, 11) is 0. The zero-order valence-corrected chi connectivity index (χ0v) is 13.2. The van der Waals surface area contributed by atoms with Gasteiger partial charge in [0.1, 0.15) is 12.4 Å². The van der Waals surface area contributed by atoms with Crippen molar-refractivity contribution in [2.45, 2.75) is 27.0 Å². The molecule has 0 radical (unpaired) electrons. The van der Waals surface area contributed by atoms with E-state index in [9.17, 15) is 0 Å². The van der Waals surface area contributed by atoms with Crippen LogP contribution in [0.5, 0.6) is 5.75 Å². The molecule has 122 valence electrons. The number of ether oxygens (including phenoxy) is 1. The Morgan fingerprint density at radius 1 is 1.22 bits per heavy atom. The van der Waals surface area contributed by atoms with Crippen molar-refractivity contribution in [1.82, 2.24) is 9.78 Å². The molecule has 2 aromatic rings. The zero-order chi connectivity index (χ0) is 16.8. The number of guanidine groups is 2. The lowest BCUT2D eigenvalue weighted by atomic mass is 10.3. The minimum Gasteiger partial charge on any atom is -0.489 e. The van der Waals surface area contributed by atoms with Crippen LogP contribution in [0.15, 0.2) is 40.4 Å². The van der Waals surface area contributed by atoms with Gasteiger partial charge in [0.25, 0.3) is 0 Å². The SMILES string of the molecule is CCn1cc(COc2ccc(N=C(N)N=C(N)N)cc2)c(C)n1. The van der Waals surface area contributed by atoms with E-state index in [0.29, 0.717) is 12.3 Å². The molecule has 1 aromatic carbocycles. The normalized spacial score (nSPS) is 11.3. The Morgan fingerprint density at radius 2 is 1.91 bits per heavy atom. The van der Waals surface area contributed by atoms with Gasteiger partial charge in [-0.25, -0.2) is 4.99 Å². The van der Waals surface area contributed by atoms with E-state index in [4.69, 9.17) is 21.9 Å². The van der Waals surface area contributed by atoms with E-state index < -0.39 is 0 Å². The maximum atomic E-state index is 5.75. The predicted octanol–water partition coefficient (Wildman–Crippen LogP) is 1.01. The predicted molar refractivity (Wildman–Crippen MR) is 90.5 cm³/mol. The van der Waals surface area contributed by atoms with E-state index in [1.807, 2.05) is 24.7 Å². The van der Waals surface area contributed by atoms with Crippen LogP contribution in [-0.4, -0.2) is 21.7 Å². The summed E-state index contributed by atoms with van der Waals surface area (Å²) in [5.41, 5.74) is 18.7. The molecule has 8 heteroatoms. The fourth-order valence-electron chi connectivity index (χ4n) is 1.93. The van der Waals surface area contributed by atoms with Gasteiger partial charge in [0.2, 0.25) is 5.96 Å². The maximum Gasteiger partial charge on any atom is 0.223 e. The maximum absolute atomic E-state index is 5.75. The molecule has 1 heterocycles. The van der Waals surface area contributed by atoms with Crippen LogP contribution in [0.4, 0.5) is 5.69 Å². The van der Waals surface area contributed by atoms with Crippen LogP contribution in [0.3, 0.4) is 0 Å². The summed E-state index contributed by atoms with van der Waals surface area (Å²) < 4.78 is 7.64. The van der Waals surface area contributed by atoms with E-state index in [1.54, 1.807) is 24.3 Å². The first-order valence-corrected chi connectivity index (χ1v) is 7.17. The lowest BCUT2D eigenvalue weighted by Gasteiger charge is -2.05. The molecule has 0 saturated heterocycles. The van der Waals surface area contributed by atoms with Gasteiger partial charge in [-0.15, -0.1) is 0 Å². The van der Waals surface area contributed by atoms with Gasteiger partial charge < -0.3 is 21.9 Å². The third kappa shape index (κ3) is 4.73. The van der Waals surface area contributed by atoms with Gasteiger partial charge in [-0.1, -0.05) is 0 Å². The van der Waals surface area contributed by atoms with Crippen LogP contribution in [0.2, 0.25) is 0 Å².